The average Bonchev–Trinajstić information content (AvgIpc) is 2.39. The van der Waals surface area contributed by atoms with Gasteiger partial charge >= 0.3 is 0 Å². The van der Waals surface area contributed by atoms with Crippen LogP contribution in [0.2, 0.25) is 0 Å². The number of carbonyl (C=O) groups excluding carboxylic acids is 1. The number of amides is 1. The van der Waals surface area contributed by atoms with E-state index in [2.05, 4.69) is 4.98 Å². The summed E-state index contributed by atoms with van der Waals surface area (Å²) in [6.07, 6.45) is 1.04. The molecule has 5 nitrogen and oxygen atoms in total. The van der Waals surface area contributed by atoms with Gasteiger partial charge in [0, 0.05) is 18.4 Å². The summed E-state index contributed by atoms with van der Waals surface area (Å²) in [5, 5.41) is 8.77. The van der Waals surface area contributed by atoms with Crippen LogP contribution in [0.25, 0.3) is 0 Å². The number of ether oxygens (including phenoxy) is 1. The molecule has 0 N–H and O–H groups in total. The number of rotatable bonds is 1. The van der Waals surface area contributed by atoms with Crippen molar-refractivity contribution in [3.63, 3.8) is 0 Å². The van der Waals surface area contributed by atoms with Crippen molar-refractivity contribution in [3.8, 4) is 6.07 Å². The standard InChI is InChI=1S/C12H13N3O2/c1-9-2-3-10(7-14-9)12(16)15-4-5-17-11(6-13)8-15/h2-3,7,11H,4-5,8H2,1H3. The highest BCUT2D eigenvalue weighted by Crippen LogP contribution is 2.10. The van der Waals surface area contributed by atoms with Crippen LogP contribution in [0.15, 0.2) is 18.3 Å². The molecule has 0 spiro atoms. The highest BCUT2D eigenvalue weighted by atomic mass is 16.5. The van der Waals surface area contributed by atoms with Crippen LogP contribution < -0.4 is 0 Å². The molecule has 1 aliphatic heterocycles. The topological polar surface area (TPSA) is 66.2 Å². The van der Waals surface area contributed by atoms with Gasteiger partial charge in [-0.1, -0.05) is 0 Å². The number of hydrogen-bond donors (Lipinski definition) is 0. The predicted octanol–water partition coefficient (Wildman–Crippen LogP) is 0.755. The fourth-order valence-corrected chi connectivity index (χ4v) is 1.69. The molecule has 1 aromatic rings. The van der Waals surface area contributed by atoms with Gasteiger partial charge in [-0.05, 0) is 19.1 Å². The molecule has 0 bridgehead atoms. The number of nitriles is 1. The minimum absolute atomic E-state index is 0.0962. The minimum atomic E-state index is -0.522. The molecule has 0 aromatic carbocycles. The van der Waals surface area contributed by atoms with Crippen molar-refractivity contribution < 1.29 is 9.53 Å². The number of aromatic nitrogens is 1. The summed E-state index contributed by atoms with van der Waals surface area (Å²) in [4.78, 5) is 17.8. The normalized spacial score (nSPS) is 19.8. The van der Waals surface area contributed by atoms with Gasteiger partial charge in [-0.25, -0.2) is 0 Å². The fourth-order valence-electron chi connectivity index (χ4n) is 1.69. The summed E-state index contributed by atoms with van der Waals surface area (Å²) in [7, 11) is 0. The van der Waals surface area contributed by atoms with Crippen molar-refractivity contribution in [2.45, 2.75) is 13.0 Å². The zero-order chi connectivity index (χ0) is 12.3. The third-order valence-electron chi connectivity index (χ3n) is 2.66. The molecule has 1 aliphatic rings. The lowest BCUT2D eigenvalue weighted by molar-refractivity contribution is 0.00345. The first kappa shape index (κ1) is 11.6. The van der Waals surface area contributed by atoms with Crippen LogP contribution in [0.4, 0.5) is 0 Å². The highest BCUT2D eigenvalue weighted by molar-refractivity contribution is 5.94. The quantitative estimate of drug-likeness (QED) is 0.715. The highest BCUT2D eigenvalue weighted by Gasteiger charge is 2.24. The molecule has 1 amide bonds. The minimum Gasteiger partial charge on any atom is -0.360 e. The zero-order valence-electron chi connectivity index (χ0n) is 9.59. The first-order chi connectivity index (χ1) is 8.20. The van der Waals surface area contributed by atoms with Crippen molar-refractivity contribution in [1.29, 1.82) is 5.26 Å². The molecule has 2 heterocycles. The van der Waals surface area contributed by atoms with Gasteiger partial charge in [-0.15, -0.1) is 0 Å². The van der Waals surface area contributed by atoms with Crippen LogP contribution in [-0.2, 0) is 4.74 Å². The molecule has 1 fully saturated rings. The van der Waals surface area contributed by atoms with E-state index < -0.39 is 6.10 Å². The van der Waals surface area contributed by atoms with E-state index in [-0.39, 0.29) is 5.91 Å². The number of carbonyl (C=O) groups is 1. The van der Waals surface area contributed by atoms with Crippen molar-refractivity contribution in [3.05, 3.63) is 29.6 Å². The second-order valence-corrected chi connectivity index (χ2v) is 3.93. The van der Waals surface area contributed by atoms with Crippen LogP contribution in [0.1, 0.15) is 16.1 Å². The Bertz CT molecular complexity index is 450. The van der Waals surface area contributed by atoms with E-state index in [0.29, 0.717) is 25.3 Å². The van der Waals surface area contributed by atoms with Gasteiger partial charge in [0.15, 0.2) is 6.10 Å². The van der Waals surface area contributed by atoms with Gasteiger partial charge in [-0.3, -0.25) is 9.78 Å². The summed E-state index contributed by atoms with van der Waals surface area (Å²) < 4.78 is 5.19. The van der Waals surface area contributed by atoms with Gasteiger partial charge < -0.3 is 9.64 Å². The van der Waals surface area contributed by atoms with Crippen molar-refractivity contribution in [2.24, 2.45) is 0 Å². The third-order valence-corrected chi connectivity index (χ3v) is 2.66. The molecule has 1 saturated heterocycles. The van der Waals surface area contributed by atoms with Gasteiger partial charge in [0.05, 0.1) is 24.8 Å². The molecule has 17 heavy (non-hydrogen) atoms. The largest absolute Gasteiger partial charge is 0.360 e. The smallest absolute Gasteiger partial charge is 0.255 e. The molecule has 1 aromatic heterocycles. The molecule has 1 unspecified atom stereocenters. The van der Waals surface area contributed by atoms with Crippen LogP contribution >= 0.6 is 0 Å². The van der Waals surface area contributed by atoms with E-state index in [0.717, 1.165) is 5.69 Å². The Kier molecular flexibility index (Phi) is 3.35. The molecule has 0 radical (unpaired) electrons. The Morgan fingerprint density at radius 1 is 1.65 bits per heavy atom. The van der Waals surface area contributed by atoms with Crippen molar-refractivity contribution >= 4 is 5.91 Å². The van der Waals surface area contributed by atoms with Gasteiger partial charge in [0.1, 0.15) is 0 Å². The molecular weight excluding hydrogens is 218 g/mol. The molecule has 0 saturated carbocycles. The maximum absolute atomic E-state index is 12.1. The summed E-state index contributed by atoms with van der Waals surface area (Å²) in [5.74, 6) is -0.0962. The van der Waals surface area contributed by atoms with Crippen LogP contribution in [0.5, 0.6) is 0 Å². The summed E-state index contributed by atoms with van der Waals surface area (Å²) in [6, 6.07) is 5.57. The number of aryl methyl sites for hydroxylation is 1. The summed E-state index contributed by atoms with van der Waals surface area (Å²) in [6.45, 7) is 3.12. The SMILES string of the molecule is Cc1ccc(C(=O)N2CCOC(C#N)C2)cn1. The lowest BCUT2D eigenvalue weighted by Crippen LogP contribution is -2.45. The third kappa shape index (κ3) is 2.60. The first-order valence-corrected chi connectivity index (χ1v) is 5.44. The second-order valence-electron chi connectivity index (χ2n) is 3.93. The Morgan fingerprint density at radius 3 is 3.12 bits per heavy atom. The summed E-state index contributed by atoms with van der Waals surface area (Å²) >= 11 is 0. The number of nitrogens with zero attached hydrogens (tertiary/aromatic N) is 3. The Balaban J connectivity index is 2.09. The van der Waals surface area contributed by atoms with Crippen molar-refractivity contribution in [1.82, 2.24) is 9.88 Å². The van der Waals surface area contributed by atoms with Gasteiger partial charge in [0.25, 0.3) is 5.91 Å². The summed E-state index contributed by atoms with van der Waals surface area (Å²) in [5.41, 5.74) is 1.42. The Morgan fingerprint density at radius 2 is 2.47 bits per heavy atom. The predicted molar refractivity (Wildman–Crippen MR) is 60.2 cm³/mol. The van der Waals surface area contributed by atoms with Gasteiger partial charge in [-0.2, -0.15) is 5.26 Å². The Labute approximate surface area is 99.6 Å². The van der Waals surface area contributed by atoms with E-state index in [1.165, 1.54) is 0 Å². The molecule has 2 rings (SSSR count). The number of pyridine rings is 1. The van der Waals surface area contributed by atoms with Crippen molar-refractivity contribution in [2.75, 3.05) is 19.7 Å². The van der Waals surface area contributed by atoms with Crippen LogP contribution in [0.3, 0.4) is 0 Å². The molecule has 0 aliphatic carbocycles. The second kappa shape index (κ2) is 4.93. The fraction of sp³-hybridized carbons (Fsp3) is 0.417. The van der Waals surface area contributed by atoms with E-state index >= 15 is 0 Å². The average molecular weight is 231 g/mol. The van der Waals surface area contributed by atoms with Gasteiger partial charge in [0.2, 0.25) is 0 Å². The van der Waals surface area contributed by atoms with E-state index in [1.54, 1.807) is 23.2 Å². The lowest BCUT2D eigenvalue weighted by Gasteiger charge is -2.29. The number of hydrogen-bond acceptors (Lipinski definition) is 4. The molecule has 5 heteroatoms. The molecule has 88 valence electrons. The zero-order valence-corrected chi connectivity index (χ0v) is 9.59. The van der Waals surface area contributed by atoms with E-state index in [9.17, 15) is 4.79 Å². The maximum atomic E-state index is 12.1. The van der Waals surface area contributed by atoms with E-state index in [1.807, 2.05) is 13.0 Å². The lowest BCUT2D eigenvalue weighted by atomic mass is 10.2. The van der Waals surface area contributed by atoms with E-state index in [4.69, 9.17) is 10.00 Å². The molecule has 1 atom stereocenters. The van der Waals surface area contributed by atoms with Crippen LogP contribution in [0, 0.1) is 18.3 Å². The molecular formula is C12H13N3O2. The number of morpholine rings is 1. The first-order valence-electron chi connectivity index (χ1n) is 5.44. The maximum Gasteiger partial charge on any atom is 0.255 e. The Hall–Kier alpha value is -1.93. The van der Waals surface area contributed by atoms with Crippen LogP contribution in [-0.4, -0.2) is 41.6 Å². The monoisotopic (exact) mass is 231 g/mol.